The number of hydrogen-bond acceptors (Lipinski definition) is 4. The first-order chi connectivity index (χ1) is 9.91. The number of hydrogen-bond donors (Lipinski definition) is 0. The third-order valence-electron chi connectivity index (χ3n) is 3.42. The standard InChI is InChI=1S/C13H14F3N5/c1-20-4-2-10(19-20)8-21-5-3-11-9(7-21)6-17-12(18-11)13(14,15)16/h2,4,6H,3,5,7-8H2,1H3. The Kier molecular flexibility index (Phi) is 3.40. The summed E-state index contributed by atoms with van der Waals surface area (Å²) in [6.45, 7) is 1.88. The molecule has 0 saturated carbocycles. The average molecular weight is 297 g/mol. The monoisotopic (exact) mass is 297 g/mol. The minimum atomic E-state index is -4.49. The molecule has 0 aliphatic carbocycles. The van der Waals surface area contributed by atoms with Crippen LogP contribution in [0, 0.1) is 0 Å². The molecule has 0 saturated heterocycles. The van der Waals surface area contributed by atoms with E-state index in [4.69, 9.17) is 0 Å². The van der Waals surface area contributed by atoms with Gasteiger partial charge in [-0.15, -0.1) is 0 Å². The predicted octanol–water partition coefficient (Wildman–Crippen LogP) is 1.79. The van der Waals surface area contributed by atoms with Gasteiger partial charge in [-0.2, -0.15) is 18.3 Å². The molecule has 3 heterocycles. The smallest absolute Gasteiger partial charge is 0.293 e. The largest absolute Gasteiger partial charge is 0.451 e. The lowest BCUT2D eigenvalue weighted by atomic mass is 10.1. The number of nitrogens with zero attached hydrogens (tertiary/aromatic N) is 5. The Balaban J connectivity index is 1.74. The Hall–Kier alpha value is -1.96. The summed E-state index contributed by atoms with van der Waals surface area (Å²) in [6.07, 6.45) is -0.838. The lowest BCUT2D eigenvalue weighted by molar-refractivity contribution is -0.145. The Bertz CT molecular complexity index is 649. The van der Waals surface area contributed by atoms with E-state index < -0.39 is 12.0 Å². The lowest BCUT2D eigenvalue weighted by Crippen LogP contribution is -2.31. The second-order valence-electron chi connectivity index (χ2n) is 5.10. The Labute approximate surface area is 119 Å². The molecule has 1 aliphatic heterocycles. The molecule has 0 amide bonds. The number of aryl methyl sites for hydroxylation is 1. The summed E-state index contributed by atoms with van der Waals surface area (Å²) in [5.74, 6) is -1.06. The first-order valence-corrected chi connectivity index (χ1v) is 6.55. The first kappa shape index (κ1) is 14.0. The molecule has 2 aromatic rings. The lowest BCUT2D eigenvalue weighted by Gasteiger charge is -2.27. The van der Waals surface area contributed by atoms with Crippen molar-refractivity contribution in [2.75, 3.05) is 6.54 Å². The van der Waals surface area contributed by atoms with E-state index in [0.717, 1.165) is 11.3 Å². The van der Waals surface area contributed by atoms with Crippen LogP contribution in [-0.4, -0.2) is 31.2 Å². The molecule has 1 aliphatic rings. The van der Waals surface area contributed by atoms with Crippen molar-refractivity contribution in [3.05, 3.63) is 41.2 Å². The van der Waals surface area contributed by atoms with Crippen LogP contribution in [-0.2, 0) is 32.7 Å². The summed E-state index contributed by atoms with van der Waals surface area (Å²) in [7, 11) is 1.85. The zero-order valence-corrected chi connectivity index (χ0v) is 11.4. The second kappa shape index (κ2) is 5.10. The number of aromatic nitrogens is 4. The van der Waals surface area contributed by atoms with Crippen molar-refractivity contribution in [3.63, 3.8) is 0 Å². The fourth-order valence-corrected chi connectivity index (χ4v) is 2.42. The van der Waals surface area contributed by atoms with Crippen LogP contribution in [0.25, 0.3) is 0 Å². The summed E-state index contributed by atoms with van der Waals surface area (Å²) < 4.78 is 39.5. The van der Waals surface area contributed by atoms with Gasteiger partial charge in [-0.25, -0.2) is 9.97 Å². The van der Waals surface area contributed by atoms with E-state index in [-0.39, 0.29) is 0 Å². The van der Waals surface area contributed by atoms with Crippen LogP contribution in [0.5, 0.6) is 0 Å². The van der Waals surface area contributed by atoms with Gasteiger partial charge in [0.25, 0.3) is 0 Å². The number of fused-ring (bicyclic) bond motifs is 1. The van der Waals surface area contributed by atoms with Gasteiger partial charge in [-0.3, -0.25) is 9.58 Å². The van der Waals surface area contributed by atoms with Crippen molar-refractivity contribution in [1.29, 1.82) is 0 Å². The topological polar surface area (TPSA) is 46.8 Å². The van der Waals surface area contributed by atoms with E-state index in [1.54, 1.807) is 4.68 Å². The molecule has 0 fully saturated rings. The highest BCUT2D eigenvalue weighted by atomic mass is 19.4. The molecule has 5 nitrogen and oxygen atoms in total. The van der Waals surface area contributed by atoms with Gasteiger partial charge in [0.15, 0.2) is 0 Å². The maximum Gasteiger partial charge on any atom is 0.451 e. The van der Waals surface area contributed by atoms with Crippen LogP contribution < -0.4 is 0 Å². The van der Waals surface area contributed by atoms with Crippen molar-refractivity contribution in [2.45, 2.75) is 25.7 Å². The summed E-state index contributed by atoms with van der Waals surface area (Å²) in [6, 6.07) is 1.93. The van der Waals surface area contributed by atoms with Gasteiger partial charge in [0.1, 0.15) is 0 Å². The molecule has 0 spiro atoms. The quantitative estimate of drug-likeness (QED) is 0.848. The normalized spacial score (nSPS) is 16.0. The summed E-state index contributed by atoms with van der Waals surface area (Å²) in [4.78, 5) is 9.20. The van der Waals surface area contributed by atoms with Crippen molar-refractivity contribution >= 4 is 0 Å². The number of rotatable bonds is 2. The first-order valence-electron chi connectivity index (χ1n) is 6.55. The third kappa shape index (κ3) is 3.05. The number of halogens is 3. The van der Waals surface area contributed by atoms with E-state index in [2.05, 4.69) is 20.0 Å². The van der Waals surface area contributed by atoms with Crippen LogP contribution in [0.3, 0.4) is 0 Å². The average Bonchev–Trinajstić information content (AvgIpc) is 2.82. The minimum absolute atomic E-state index is 0.494. The molecular formula is C13H14F3N5. The molecule has 0 bridgehead atoms. The van der Waals surface area contributed by atoms with Crippen molar-refractivity contribution < 1.29 is 13.2 Å². The Morgan fingerprint density at radius 1 is 1.33 bits per heavy atom. The van der Waals surface area contributed by atoms with E-state index in [1.807, 2.05) is 19.3 Å². The maximum absolute atomic E-state index is 12.6. The zero-order valence-electron chi connectivity index (χ0n) is 11.4. The fraction of sp³-hybridized carbons (Fsp3) is 0.462. The van der Waals surface area contributed by atoms with Gasteiger partial charge in [0, 0.05) is 51.1 Å². The van der Waals surface area contributed by atoms with Crippen molar-refractivity contribution in [2.24, 2.45) is 7.05 Å². The van der Waals surface area contributed by atoms with Gasteiger partial charge in [-0.1, -0.05) is 0 Å². The van der Waals surface area contributed by atoms with E-state index >= 15 is 0 Å². The molecule has 112 valence electrons. The van der Waals surface area contributed by atoms with Crippen LogP contribution in [0.2, 0.25) is 0 Å². The summed E-state index contributed by atoms with van der Waals surface area (Å²) >= 11 is 0. The highest BCUT2D eigenvalue weighted by molar-refractivity contribution is 5.21. The maximum atomic E-state index is 12.6. The summed E-state index contributed by atoms with van der Waals surface area (Å²) in [5.41, 5.74) is 2.19. The van der Waals surface area contributed by atoms with Gasteiger partial charge >= 0.3 is 6.18 Å². The second-order valence-corrected chi connectivity index (χ2v) is 5.10. The highest BCUT2D eigenvalue weighted by Crippen LogP contribution is 2.27. The molecule has 0 N–H and O–H groups in total. The number of alkyl halides is 3. The van der Waals surface area contributed by atoms with Crippen molar-refractivity contribution in [3.8, 4) is 0 Å². The molecule has 0 radical (unpaired) electrons. The van der Waals surface area contributed by atoms with E-state index in [9.17, 15) is 13.2 Å². The van der Waals surface area contributed by atoms with Gasteiger partial charge < -0.3 is 0 Å². The van der Waals surface area contributed by atoms with Gasteiger partial charge in [0.05, 0.1) is 11.4 Å². The predicted molar refractivity (Wildman–Crippen MR) is 68.1 cm³/mol. The van der Waals surface area contributed by atoms with Crippen molar-refractivity contribution in [1.82, 2.24) is 24.6 Å². The summed E-state index contributed by atoms with van der Waals surface area (Å²) in [5, 5.41) is 4.30. The molecule has 2 aromatic heterocycles. The Morgan fingerprint density at radius 3 is 2.81 bits per heavy atom. The molecular weight excluding hydrogens is 283 g/mol. The molecule has 0 unspecified atom stereocenters. The Morgan fingerprint density at radius 2 is 2.14 bits per heavy atom. The van der Waals surface area contributed by atoms with Crippen LogP contribution in [0.15, 0.2) is 18.5 Å². The molecule has 0 aromatic carbocycles. The van der Waals surface area contributed by atoms with Crippen LogP contribution in [0.1, 0.15) is 22.8 Å². The minimum Gasteiger partial charge on any atom is -0.293 e. The molecule has 3 rings (SSSR count). The molecule has 8 heteroatoms. The fourth-order valence-electron chi connectivity index (χ4n) is 2.42. The van der Waals surface area contributed by atoms with Gasteiger partial charge in [-0.05, 0) is 6.07 Å². The van der Waals surface area contributed by atoms with Crippen LogP contribution >= 0.6 is 0 Å². The molecule has 21 heavy (non-hydrogen) atoms. The SMILES string of the molecule is Cn1ccc(CN2CCc3nc(C(F)(F)F)ncc3C2)n1. The van der Waals surface area contributed by atoms with E-state index in [0.29, 0.717) is 31.7 Å². The highest BCUT2D eigenvalue weighted by Gasteiger charge is 2.35. The van der Waals surface area contributed by atoms with E-state index in [1.165, 1.54) is 6.20 Å². The molecule has 0 atom stereocenters. The van der Waals surface area contributed by atoms with Gasteiger partial charge in [0.2, 0.25) is 5.82 Å². The third-order valence-corrected chi connectivity index (χ3v) is 3.42. The van der Waals surface area contributed by atoms with Crippen LogP contribution in [0.4, 0.5) is 13.2 Å². The zero-order chi connectivity index (χ0) is 15.0.